The molecule has 2 rings (SSSR count). The second-order valence-electron chi connectivity index (χ2n) is 4.44. The molecule has 0 unspecified atom stereocenters. The lowest BCUT2D eigenvalue weighted by atomic mass is 10.1. The highest BCUT2D eigenvalue weighted by Crippen LogP contribution is 2.22. The van der Waals surface area contributed by atoms with Gasteiger partial charge in [0.15, 0.2) is 6.10 Å². The van der Waals surface area contributed by atoms with Gasteiger partial charge in [-0.2, -0.15) is 0 Å². The Labute approximate surface area is 105 Å². The van der Waals surface area contributed by atoms with Gasteiger partial charge in [-0.25, -0.2) is 4.39 Å². The third kappa shape index (κ3) is 3.27. The van der Waals surface area contributed by atoms with Gasteiger partial charge in [0.2, 0.25) is 0 Å². The Morgan fingerprint density at radius 1 is 1.56 bits per heavy atom. The molecule has 1 amide bonds. The minimum absolute atomic E-state index is 0.0560. The first-order valence-corrected chi connectivity index (χ1v) is 6.08. The van der Waals surface area contributed by atoms with Crippen LogP contribution in [0.4, 0.5) is 4.39 Å². The summed E-state index contributed by atoms with van der Waals surface area (Å²) in [6.45, 7) is 1.65. The Bertz CT molecular complexity index is 419. The first-order valence-electron chi connectivity index (χ1n) is 6.08. The molecule has 1 saturated heterocycles. The molecule has 2 atom stereocenters. The second-order valence-corrected chi connectivity index (χ2v) is 4.44. The van der Waals surface area contributed by atoms with E-state index in [1.54, 1.807) is 12.1 Å². The maximum atomic E-state index is 13.1. The zero-order valence-corrected chi connectivity index (χ0v) is 10.1. The number of hydrogen-bond donors (Lipinski definition) is 2. The lowest BCUT2D eigenvalue weighted by molar-refractivity contribution is -0.134. The second kappa shape index (κ2) is 5.93. The molecule has 1 aromatic carbocycles. The van der Waals surface area contributed by atoms with Crippen molar-refractivity contribution in [1.82, 2.24) is 5.32 Å². The summed E-state index contributed by atoms with van der Waals surface area (Å²) in [5, 5.41) is 3.19. The van der Waals surface area contributed by atoms with Crippen LogP contribution in [0.5, 0.6) is 0 Å². The summed E-state index contributed by atoms with van der Waals surface area (Å²) in [6.07, 6.45) is 0.941. The molecule has 1 heterocycles. The third-order valence-corrected chi connectivity index (χ3v) is 2.99. The number of carbonyl (C=O) groups excluding carboxylic acids is 1. The molecule has 0 aliphatic carbocycles. The van der Waals surface area contributed by atoms with Crippen LogP contribution in [0.15, 0.2) is 24.3 Å². The number of halogens is 1. The third-order valence-electron chi connectivity index (χ3n) is 2.99. The number of nitrogens with one attached hydrogen (secondary N) is 1. The summed E-state index contributed by atoms with van der Waals surface area (Å²) in [6, 6.07) is 5.80. The number of carbonyl (C=O) groups is 1. The Balaban J connectivity index is 2.10. The number of amides is 1. The Morgan fingerprint density at radius 3 is 3.00 bits per heavy atom. The molecule has 1 aliphatic rings. The van der Waals surface area contributed by atoms with Gasteiger partial charge in [0.1, 0.15) is 5.82 Å². The molecule has 0 saturated carbocycles. The summed E-state index contributed by atoms with van der Waals surface area (Å²) in [5.74, 6) is -0.990. The van der Waals surface area contributed by atoms with Gasteiger partial charge in [-0.05, 0) is 37.1 Å². The highest BCUT2D eigenvalue weighted by Gasteiger charge is 2.24. The van der Waals surface area contributed by atoms with Gasteiger partial charge in [0.05, 0.1) is 6.10 Å². The van der Waals surface area contributed by atoms with E-state index in [9.17, 15) is 9.18 Å². The first kappa shape index (κ1) is 13.0. The van der Waals surface area contributed by atoms with Crippen molar-refractivity contribution in [3.05, 3.63) is 35.6 Å². The van der Waals surface area contributed by atoms with Crippen molar-refractivity contribution < 1.29 is 13.9 Å². The van der Waals surface area contributed by atoms with Crippen molar-refractivity contribution in [3.63, 3.8) is 0 Å². The quantitative estimate of drug-likeness (QED) is 0.844. The minimum atomic E-state index is -0.884. The number of hydrogen-bond acceptors (Lipinski definition) is 3. The van der Waals surface area contributed by atoms with Gasteiger partial charge in [-0.1, -0.05) is 12.1 Å². The van der Waals surface area contributed by atoms with E-state index < -0.39 is 17.8 Å². The molecule has 5 heteroatoms. The normalized spacial score (nSPS) is 21.5. The van der Waals surface area contributed by atoms with Crippen molar-refractivity contribution in [2.24, 2.45) is 5.73 Å². The molecule has 0 bridgehead atoms. The van der Waals surface area contributed by atoms with Crippen LogP contribution in [0.1, 0.15) is 24.5 Å². The van der Waals surface area contributed by atoms with E-state index in [-0.39, 0.29) is 6.10 Å². The SMILES string of the molecule is NC(=O)[C@H](O[C@H]1CCCNC1)c1cccc(F)c1. The summed E-state index contributed by atoms with van der Waals surface area (Å²) >= 11 is 0. The van der Waals surface area contributed by atoms with E-state index in [4.69, 9.17) is 10.5 Å². The molecule has 98 valence electrons. The molecule has 4 nitrogen and oxygen atoms in total. The van der Waals surface area contributed by atoms with Crippen LogP contribution >= 0.6 is 0 Å². The molecule has 0 aromatic heterocycles. The van der Waals surface area contributed by atoms with Gasteiger partial charge in [-0.3, -0.25) is 4.79 Å². The Morgan fingerprint density at radius 2 is 2.39 bits per heavy atom. The predicted molar refractivity (Wildman–Crippen MR) is 65.3 cm³/mol. The number of nitrogens with two attached hydrogens (primary N) is 1. The number of benzene rings is 1. The van der Waals surface area contributed by atoms with Crippen molar-refractivity contribution in [3.8, 4) is 0 Å². The standard InChI is InChI=1S/C13H17FN2O2/c14-10-4-1-3-9(7-10)12(13(15)17)18-11-5-2-6-16-8-11/h1,3-4,7,11-12,16H,2,5-6,8H2,(H2,15,17)/t11-,12+/m0/s1. The first-order chi connectivity index (χ1) is 8.66. The van der Waals surface area contributed by atoms with E-state index in [1.807, 2.05) is 0 Å². The molecule has 0 radical (unpaired) electrons. The van der Waals surface area contributed by atoms with E-state index in [0.29, 0.717) is 12.1 Å². The van der Waals surface area contributed by atoms with Crippen LogP contribution in [0.2, 0.25) is 0 Å². The molecule has 1 fully saturated rings. The highest BCUT2D eigenvalue weighted by atomic mass is 19.1. The van der Waals surface area contributed by atoms with Gasteiger partial charge in [0, 0.05) is 6.54 Å². The Kier molecular flexibility index (Phi) is 4.28. The van der Waals surface area contributed by atoms with Gasteiger partial charge in [0.25, 0.3) is 5.91 Å². The van der Waals surface area contributed by atoms with E-state index in [2.05, 4.69) is 5.32 Å². The zero-order chi connectivity index (χ0) is 13.0. The molecule has 1 aromatic rings. The van der Waals surface area contributed by atoms with Crippen LogP contribution in [-0.4, -0.2) is 25.1 Å². The largest absolute Gasteiger partial charge is 0.367 e. The van der Waals surface area contributed by atoms with Crippen molar-refractivity contribution in [2.75, 3.05) is 13.1 Å². The average molecular weight is 252 g/mol. The minimum Gasteiger partial charge on any atom is -0.367 e. The maximum Gasteiger partial charge on any atom is 0.251 e. The Hall–Kier alpha value is -1.46. The summed E-state index contributed by atoms with van der Waals surface area (Å²) in [7, 11) is 0. The van der Waals surface area contributed by atoms with Crippen molar-refractivity contribution in [2.45, 2.75) is 25.0 Å². The highest BCUT2D eigenvalue weighted by molar-refractivity contribution is 5.80. The van der Waals surface area contributed by atoms with E-state index >= 15 is 0 Å². The molecule has 18 heavy (non-hydrogen) atoms. The fraction of sp³-hybridized carbons (Fsp3) is 0.462. The summed E-state index contributed by atoms with van der Waals surface area (Å²) in [5.41, 5.74) is 5.79. The monoisotopic (exact) mass is 252 g/mol. The van der Waals surface area contributed by atoms with Crippen molar-refractivity contribution >= 4 is 5.91 Å². The molecule has 0 spiro atoms. The number of ether oxygens (including phenoxy) is 1. The van der Waals surface area contributed by atoms with Crippen LogP contribution in [0, 0.1) is 5.82 Å². The molecular weight excluding hydrogens is 235 g/mol. The van der Waals surface area contributed by atoms with Gasteiger partial charge in [-0.15, -0.1) is 0 Å². The molecule has 3 N–H and O–H groups in total. The lowest BCUT2D eigenvalue weighted by Gasteiger charge is -2.27. The number of primary amides is 1. The maximum absolute atomic E-state index is 13.1. The van der Waals surface area contributed by atoms with Crippen LogP contribution in [0.25, 0.3) is 0 Å². The fourth-order valence-corrected chi connectivity index (χ4v) is 2.11. The summed E-state index contributed by atoms with van der Waals surface area (Å²) in [4.78, 5) is 11.4. The van der Waals surface area contributed by atoms with Gasteiger partial charge < -0.3 is 15.8 Å². The zero-order valence-electron chi connectivity index (χ0n) is 10.1. The summed E-state index contributed by atoms with van der Waals surface area (Å²) < 4.78 is 18.8. The average Bonchev–Trinajstić information content (AvgIpc) is 2.37. The van der Waals surface area contributed by atoms with E-state index in [0.717, 1.165) is 19.4 Å². The van der Waals surface area contributed by atoms with Crippen LogP contribution in [-0.2, 0) is 9.53 Å². The van der Waals surface area contributed by atoms with Crippen molar-refractivity contribution in [1.29, 1.82) is 0 Å². The van der Waals surface area contributed by atoms with E-state index in [1.165, 1.54) is 12.1 Å². The number of piperidine rings is 1. The number of rotatable bonds is 4. The molecular formula is C13H17FN2O2. The van der Waals surface area contributed by atoms with Gasteiger partial charge >= 0.3 is 0 Å². The topological polar surface area (TPSA) is 64.4 Å². The smallest absolute Gasteiger partial charge is 0.251 e. The molecule has 1 aliphatic heterocycles. The van der Waals surface area contributed by atoms with Crippen LogP contribution in [0.3, 0.4) is 0 Å². The predicted octanol–water partition coefficient (Wildman–Crippen LogP) is 1.12. The fourth-order valence-electron chi connectivity index (χ4n) is 2.11. The van der Waals surface area contributed by atoms with Crippen LogP contribution < -0.4 is 11.1 Å². The lowest BCUT2D eigenvalue weighted by Crippen LogP contribution is -2.38.